The van der Waals surface area contributed by atoms with Crippen molar-refractivity contribution in [3.05, 3.63) is 52.9 Å². The number of amides is 1. The first-order valence-corrected chi connectivity index (χ1v) is 12.4. The minimum absolute atomic E-state index is 0.133. The zero-order chi connectivity index (χ0) is 22.9. The Morgan fingerprint density at radius 3 is 2.62 bits per heavy atom. The van der Waals surface area contributed by atoms with Crippen molar-refractivity contribution >= 4 is 32.4 Å². The fourth-order valence-electron chi connectivity index (χ4n) is 3.41. The highest BCUT2D eigenvalue weighted by Gasteiger charge is 2.25. The molecular weight excluding hydrogens is 450 g/mol. The van der Waals surface area contributed by atoms with Crippen molar-refractivity contribution < 1.29 is 22.7 Å². The first kappa shape index (κ1) is 22.3. The molecule has 0 fully saturated rings. The summed E-state index contributed by atoms with van der Waals surface area (Å²) in [6.45, 7) is 6.20. The largest absolute Gasteiger partial charge is 0.454 e. The van der Waals surface area contributed by atoms with E-state index in [4.69, 9.17) is 9.47 Å². The molecule has 0 saturated carbocycles. The van der Waals surface area contributed by atoms with E-state index in [0.717, 1.165) is 5.56 Å². The van der Waals surface area contributed by atoms with Gasteiger partial charge in [-0.05, 0) is 42.8 Å². The molecule has 32 heavy (non-hydrogen) atoms. The average molecular weight is 474 g/mol. The van der Waals surface area contributed by atoms with Gasteiger partial charge in [0.2, 0.25) is 16.8 Å². The Morgan fingerprint density at radius 2 is 1.88 bits per heavy atom. The highest BCUT2D eigenvalue weighted by atomic mass is 32.2. The Bertz CT molecular complexity index is 1270. The van der Waals surface area contributed by atoms with Crippen LogP contribution >= 0.6 is 11.3 Å². The van der Waals surface area contributed by atoms with Gasteiger partial charge in [-0.1, -0.05) is 19.9 Å². The van der Waals surface area contributed by atoms with Crippen molar-refractivity contribution in [3.63, 3.8) is 0 Å². The fraction of sp³-hybridized carbons (Fsp3) is 0.273. The van der Waals surface area contributed by atoms with Crippen LogP contribution in [0.25, 0.3) is 11.3 Å². The minimum Gasteiger partial charge on any atom is -0.454 e. The van der Waals surface area contributed by atoms with Crippen molar-refractivity contribution in [3.8, 4) is 22.8 Å². The molecule has 0 radical (unpaired) electrons. The number of carbonyl (C=O) groups excluding carboxylic acids is 1. The highest BCUT2D eigenvalue weighted by Crippen LogP contribution is 2.36. The number of anilines is 1. The molecule has 0 bridgehead atoms. The number of aryl methyl sites for hydroxylation is 1. The van der Waals surface area contributed by atoms with Crippen molar-refractivity contribution in [2.45, 2.75) is 25.7 Å². The van der Waals surface area contributed by atoms with E-state index in [0.29, 0.717) is 41.0 Å². The third-order valence-corrected chi connectivity index (χ3v) is 8.12. The molecule has 0 aliphatic carbocycles. The van der Waals surface area contributed by atoms with E-state index in [1.54, 1.807) is 32.9 Å². The number of sulfonamides is 1. The summed E-state index contributed by atoms with van der Waals surface area (Å²) in [5.74, 6) is 0.919. The number of nitrogens with one attached hydrogen (secondary N) is 1. The van der Waals surface area contributed by atoms with Gasteiger partial charge in [0.15, 0.2) is 16.6 Å². The summed E-state index contributed by atoms with van der Waals surface area (Å²) in [4.78, 5) is 17.4. The summed E-state index contributed by atoms with van der Waals surface area (Å²) in [5.41, 5.74) is 2.38. The summed E-state index contributed by atoms with van der Waals surface area (Å²) in [6, 6.07) is 10.2. The third-order valence-electron chi connectivity index (χ3n) is 5.17. The summed E-state index contributed by atoms with van der Waals surface area (Å²) in [6.07, 6.45) is 0. The van der Waals surface area contributed by atoms with Gasteiger partial charge in [-0.15, -0.1) is 11.3 Å². The van der Waals surface area contributed by atoms with Gasteiger partial charge in [-0.3, -0.25) is 10.1 Å². The maximum absolute atomic E-state index is 13.0. The second-order valence-electron chi connectivity index (χ2n) is 7.13. The van der Waals surface area contributed by atoms with E-state index in [-0.39, 0.29) is 17.3 Å². The lowest BCUT2D eigenvalue weighted by molar-refractivity contribution is 0.102. The second kappa shape index (κ2) is 8.89. The molecule has 1 amide bonds. The molecule has 1 aromatic heterocycles. The zero-order valence-corrected chi connectivity index (χ0v) is 19.5. The van der Waals surface area contributed by atoms with Crippen LogP contribution in [0.1, 0.15) is 29.8 Å². The van der Waals surface area contributed by atoms with Crippen LogP contribution < -0.4 is 14.8 Å². The van der Waals surface area contributed by atoms with Crippen LogP contribution in [0.15, 0.2) is 46.7 Å². The zero-order valence-electron chi connectivity index (χ0n) is 17.9. The lowest BCUT2D eigenvalue weighted by Crippen LogP contribution is -2.31. The van der Waals surface area contributed by atoms with E-state index in [1.807, 2.05) is 23.6 Å². The number of hydrogen-bond acceptors (Lipinski definition) is 7. The summed E-state index contributed by atoms with van der Waals surface area (Å²) in [5, 5.41) is 5.01. The van der Waals surface area contributed by atoms with Crippen molar-refractivity contribution in [2.75, 3.05) is 25.2 Å². The molecule has 3 aromatic rings. The van der Waals surface area contributed by atoms with Gasteiger partial charge in [0.05, 0.1) is 10.6 Å². The first-order chi connectivity index (χ1) is 15.3. The Kier molecular flexibility index (Phi) is 6.18. The van der Waals surface area contributed by atoms with Gasteiger partial charge in [-0.2, -0.15) is 4.31 Å². The number of hydrogen-bond donors (Lipinski definition) is 1. The molecule has 1 aliphatic heterocycles. The maximum atomic E-state index is 13.0. The van der Waals surface area contributed by atoms with Gasteiger partial charge in [0.25, 0.3) is 5.91 Å². The van der Waals surface area contributed by atoms with E-state index < -0.39 is 15.9 Å². The average Bonchev–Trinajstić information content (AvgIpc) is 3.43. The van der Waals surface area contributed by atoms with Gasteiger partial charge in [-0.25, -0.2) is 13.4 Å². The van der Waals surface area contributed by atoms with Crippen LogP contribution in [0.3, 0.4) is 0 Å². The molecule has 0 spiro atoms. The number of fused-ring (bicyclic) bond motifs is 1. The maximum Gasteiger partial charge on any atom is 0.257 e. The SMILES string of the molecule is CCN(CC)S(=O)(=O)c1cc(C(=O)Nc2nc(-c3ccc4c(c3)OCO4)cs2)ccc1C. The molecule has 1 N–H and O–H groups in total. The van der Waals surface area contributed by atoms with Gasteiger partial charge < -0.3 is 9.47 Å². The predicted octanol–water partition coefficient (Wildman–Crippen LogP) is 4.13. The number of carbonyl (C=O) groups is 1. The molecule has 1 aliphatic rings. The molecular formula is C22H23N3O5S2. The molecule has 0 saturated heterocycles. The fourth-order valence-corrected chi connectivity index (χ4v) is 5.83. The lowest BCUT2D eigenvalue weighted by Gasteiger charge is -2.20. The van der Waals surface area contributed by atoms with Gasteiger partial charge in [0.1, 0.15) is 0 Å². The Balaban J connectivity index is 1.55. The molecule has 168 valence electrons. The summed E-state index contributed by atoms with van der Waals surface area (Å²) >= 11 is 1.28. The molecule has 8 nitrogen and oxygen atoms in total. The molecule has 0 atom stereocenters. The van der Waals surface area contributed by atoms with E-state index in [1.165, 1.54) is 21.7 Å². The Labute approximate surface area is 190 Å². The monoisotopic (exact) mass is 473 g/mol. The minimum atomic E-state index is -3.68. The smallest absolute Gasteiger partial charge is 0.257 e. The number of ether oxygens (including phenoxy) is 2. The van der Waals surface area contributed by atoms with Crippen LogP contribution in [0, 0.1) is 6.92 Å². The Hall–Kier alpha value is -2.95. The van der Waals surface area contributed by atoms with Crippen LogP contribution in [-0.2, 0) is 10.0 Å². The highest BCUT2D eigenvalue weighted by molar-refractivity contribution is 7.89. The number of nitrogens with zero attached hydrogens (tertiary/aromatic N) is 2. The van der Waals surface area contributed by atoms with Crippen molar-refractivity contribution in [1.29, 1.82) is 0 Å². The van der Waals surface area contributed by atoms with E-state index in [9.17, 15) is 13.2 Å². The summed E-state index contributed by atoms with van der Waals surface area (Å²) in [7, 11) is -3.68. The molecule has 2 aromatic carbocycles. The Morgan fingerprint density at radius 1 is 1.12 bits per heavy atom. The van der Waals surface area contributed by atoms with Crippen molar-refractivity contribution in [1.82, 2.24) is 9.29 Å². The molecule has 4 rings (SSSR count). The van der Waals surface area contributed by atoms with Crippen LogP contribution in [0.2, 0.25) is 0 Å². The number of thiazole rings is 1. The topological polar surface area (TPSA) is 97.8 Å². The quantitative estimate of drug-likeness (QED) is 0.554. The third kappa shape index (κ3) is 4.21. The summed E-state index contributed by atoms with van der Waals surface area (Å²) < 4.78 is 38.0. The van der Waals surface area contributed by atoms with E-state index in [2.05, 4.69) is 10.3 Å². The standard InChI is InChI=1S/C22H23N3O5S2/c1-4-25(5-2)32(27,28)20-11-16(7-6-14(20)3)21(26)24-22-23-17(12-31-22)15-8-9-18-19(10-15)30-13-29-18/h6-12H,4-5,13H2,1-3H3,(H,23,24,26). The normalized spacial score (nSPS) is 12.9. The van der Waals surface area contributed by atoms with Gasteiger partial charge in [0, 0.05) is 29.6 Å². The number of aromatic nitrogens is 1. The number of rotatable bonds is 7. The number of benzene rings is 2. The molecule has 0 unspecified atom stereocenters. The molecule has 2 heterocycles. The molecule has 10 heteroatoms. The van der Waals surface area contributed by atoms with Crippen LogP contribution in [0.5, 0.6) is 11.5 Å². The van der Waals surface area contributed by atoms with Gasteiger partial charge >= 0.3 is 0 Å². The van der Waals surface area contributed by atoms with Crippen LogP contribution in [-0.4, -0.2) is 43.5 Å². The predicted molar refractivity (Wildman–Crippen MR) is 123 cm³/mol. The first-order valence-electron chi connectivity index (χ1n) is 10.1. The lowest BCUT2D eigenvalue weighted by atomic mass is 10.1. The van der Waals surface area contributed by atoms with Crippen LogP contribution in [0.4, 0.5) is 5.13 Å². The second-order valence-corrected chi connectivity index (χ2v) is 9.89. The van der Waals surface area contributed by atoms with E-state index >= 15 is 0 Å². The van der Waals surface area contributed by atoms with Crippen molar-refractivity contribution in [2.24, 2.45) is 0 Å².